The molecule has 6 nitrogen and oxygen atoms in total. The molecule has 1 atom stereocenters. The third-order valence-corrected chi connectivity index (χ3v) is 4.63. The average molecular weight is 348 g/mol. The Kier molecular flexibility index (Phi) is 3.88. The Bertz CT molecular complexity index is 1040. The number of para-hydroxylation sites is 2. The van der Waals surface area contributed by atoms with Gasteiger partial charge in [-0.3, -0.25) is 4.79 Å². The standard InChI is InChI=1S/C18H12N4O2S/c19-9-12(17-21-13-4-1-2-5-14(13)22-17)15(23)8-11-10-24-18(20-11)16-6-3-7-25-16/h1-7,10,12H,8H2,(H,21,22)/t12-/m1/s1. The molecule has 0 unspecified atom stereocenters. The lowest BCUT2D eigenvalue weighted by Gasteiger charge is -2.03. The van der Waals surface area contributed by atoms with Crippen molar-refractivity contribution in [1.29, 1.82) is 5.26 Å². The van der Waals surface area contributed by atoms with Gasteiger partial charge < -0.3 is 9.40 Å². The number of aromatic amines is 1. The van der Waals surface area contributed by atoms with Crippen molar-refractivity contribution >= 4 is 28.2 Å². The third-order valence-electron chi connectivity index (χ3n) is 3.77. The number of fused-ring (bicyclic) bond motifs is 1. The first-order chi connectivity index (χ1) is 12.2. The highest BCUT2D eigenvalue weighted by molar-refractivity contribution is 7.13. The number of hydrogen-bond donors (Lipinski definition) is 1. The van der Waals surface area contributed by atoms with Gasteiger partial charge in [-0.25, -0.2) is 9.97 Å². The molecular formula is C18H12N4O2S. The minimum absolute atomic E-state index is 0.0180. The normalized spacial score (nSPS) is 12.1. The Morgan fingerprint density at radius 3 is 2.92 bits per heavy atom. The zero-order valence-corrected chi connectivity index (χ0v) is 13.8. The summed E-state index contributed by atoms with van der Waals surface area (Å²) in [4.78, 5) is 25.2. The van der Waals surface area contributed by atoms with Gasteiger partial charge in [-0.2, -0.15) is 5.26 Å². The first-order valence-corrected chi connectivity index (χ1v) is 8.48. The molecular weight excluding hydrogens is 336 g/mol. The van der Waals surface area contributed by atoms with Crippen LogP contribution in [0.2, 0.25) is 0 Å². The second-order valence-corrected chi connectivity index (χ2v) is 6.41. The van der Waals surface area contributed by atoms with Gasteiger partial charge >= 0.3 is 0 Å². The molecule has 3 aromatic heterocycles. The molecule has 4 rings (SSSR count). The third kappa shape index (κ3) is 2.95. The number of ketones is 1. The van der Waals surface area contributed by atoms with Crippen LogP contribution >= 0.6 is 11.3 Å². The number of rotatable bonds is 5. The number of hydrogen-bond acceptors (Lipinski definition) is 6. The van der Waals surface area contributed by atoms with Crippen molar-refractivity contribution in [2.24, 2.45) is 0 Å². The summed E-state index contributed by atoms with van der Waals surface area (Å²) in [6, 6.07) is 13.3. The summed E-state index contributed by atoms with van der Waals surface area (Å²) in [5.74, 6) is -0.396. The molecule has 0 bridgehead atoms. The fourth-order valence-electron chi connectivity index (χ4n) is 2.58. The van der Waals surface area contributed by atoms with Crippen molar-refractivity contribution in [2.45, 2.75) is 12.3 Å². The number of imidazole rings is 1. The van der Waals surface area contributed by atoms with E-state index < -0.39 is 5.92 Å². The molecule has 0 amide bonds. The van der Waals surface area contributed by atoms with Crippen LogP contribution in [0.15, 0.2) is 52.5 Å². The van der Waals surface area contributed by atoms with Gasteiger partial charge in [0.2, 0.25) is 5.89 Å². The van der Waals surface area contributed by atoms with Gasteiger partial charge in [0.25, 0.3) is 0 Å². The number of nitrogens with one attached hydrogen (secondary N) is 1. The monoisotopic (exact) mass is 348 g/mol. The maximum Gasteiger partial charge on any atom is 0.236 e. The van der Waals surface area contributed by atoms with E-state index in [1.54, 1.807) is 0 Å². The largest absolute Gasteiger partial charge is 0.444 e. The highest BCUT2D eigenvalue weighted by Gasteiger charge is 2.25. The van der Waals surface area contributed by atoms with E-state index in [1.165, 1.54) is 17.6 Å². The summed E-state index contributed by atoms with van der Waals surface area (Å²) >= 11 is 1.51. The highest BCUT2D eigenvalue weighted by atomic mass is 32.1. The van der Waals surface area contributed by atoms with E-state index in [4.69, 9.17) is 4.42 Å². The van der Waals surface area contributed by atoms with E-state index >= 15 is 0 Å². The molecule has 0 saturated carbocycles. The molecule has 0 aliphatic heterocycles. The molecule has 1 aromatic carbocycles. The first kappa shape index (κ1) is 15.3. The van der Waals surface area contributed by atoms with Crippen molar-refractivity contribution in [1.82, 2.24) is 15.0 Å². The van der Waals surface area contributed by atoms with Crippen LogP contribution in [0.5, 0.6) is 0 Å². The number of carbonyl (C=O) groups excluding carboxylic acids is 1. The van der Waals surface area contributed by atoms with Crippen LogP contribution in [0, 0.1) is 11.3 Å². The maximum absolute atomic E-state index is 12.6. The Hall–Kier alpha value is -3.24. The molecule has 1 N–H and O–H groups in total. The summed E-state index contributed by atoms with van der Waals surface area (Å²) in [6.45, 7) is 0. The lowest BCUT2D eigenvalue weighted by Crippen LogP contribution is -2.15. The fourth-order valence-corrected chi connectivity index (χ4v) is 3.23. The molecule has 0 aliphatic rings. The van der Waals surface area contributed by atoms with Gasteiger partial charge in [0.05, 0.1) is 34.1 Å². The number of carbonyl (C=O) groups is 1. The predicted molar refractivity (Wildman–Crippen MR) is 93.0 cm³/mol. The maximum atomic E-state index is 12.6. The highest BCUT2D eigenvalue weighted by Crippen LogP contribution is 2.25. The number of nitrogens with zero attached hydrogens (tertiary/aromatic N) is 3. The molecule has 0 spiro atoms. The minimum Gasteiger partial charge on any atom is -0.444 e. The molecule has 3 heterocycles. The lowest BCUT2D eigenvalue weighted by atomic mass is 10.0. The van der Waals surface area contributed by atoms with Crippen LogP contribution in [0.4, 0.5) is 0 Å². The van der Waals surface area contributed by atoms with Crippen molar-refractivity contribution in [3.63, 3.8) is 0 Å². The molecule has 0 radical (unpaired) electrons. The van der Waals surface area contributed by atoms with Crippen molar-refractivity contribution in [3.8, 4) is 16.8 Å². The Labute approximate surface area is 146 Å². The molecule has 4 aromatic rings. The molecule has 122 valence electrons. The van der Waals surface area contributed by atoms with Crippen molar-refractivity contribution in [3.05, 3.63) is 59.6 Å². The fraction of sp³-hybridized carbons (Fsp3) is 0.111. The van der Waals surface area contributed by atoms with E-state index in [0.717, 1.165) is 15.9 Å². The van der Waals surface area contributed by atoms with Crippen LogP contribution in [0.1, 0.15) is 17.4 Å². The summed E-state index contributed by atoms with van der Waals surface area (Å²) in [7, 11) is 0. The Balaban J connectivity index is 1.55. The van der Waals surface area contributed by atoms with Gasteiger partial charge in [0.1, 0.15) is 12.1 Å². The number of nitriles is 1. The zero-order chi connectivity index (χ0) is 17.2. The number of Topliss-reactive ketones (excluding diaryl/α,β-unsaturated/α-hetero) is 1. The van der Waals surface area contributed by atoms with Crippen molar-refractivity contribution < 1.29 is 9.21 Å². The van der Waals surface area contributed by atoms with E-state index in [0.29, 0.717) is 17.4 Å². The molecule has 25 heavy (non-hydrogen) atoms. The summed E-state index contributed by atoms with van der Waals surface area (Å²) in [6.07, 6.45) is 1.48. The van der Waals surface area contributed by atoms with Crippen LogP contribution < -0.4 is 0 Å². The van der Waals surface area contributed by atoms with Gasteiger partial charge in [-0.1, -0.05) is 18.2 Å². The number of aromatic nitrogens is 3. The van der Waals surface area contributed by atoms with Crippen LogP contribution in [-0.4, -0.2) is 20.7 Å². The zero-order valence-electron chi connectivity index (χ0n) is 13.0. The Morgan fingerprint density at radius 1 is 1.28 bits per heavy atom. The van der Waals surface area contributed by atoms with Gasteiger partial charge in [-0.15, -0.1) is 11.3 Å². The molecule has 7 heteroatoms. The van der Waals surface area contributed by atoms with Crippen LogP contribution in [-0.2, 0) is 11.2 Å². The second kappa shape index (κ2) is 6.34. The smallest absolute Gasteiger partial charge is 0.236 e. The topological polar surface area (TPSA) is 95.6 Å². The number of benzene rings is 1. The summed E-state index contributed by atoms with van der Waals surface area (Å²) < 4.78 is 5.42. The SMILES string of the molecule is N#C[C@H](C(=O)Cc1coc(-c2cccs2)n1)c1nc2ccccc2[nH]1. The predicted octanol–water partition coefficient (Wildman–Crippen LogP) is 3.70. The molecule has 0 saturated heterocycles. The average Bonchev–Trinajstić information content (AvgIpc) is 3.35. The Morgan fingerprint density at radius 2 is 2.16 bits per heavy atom. The molecule has 0 aliphatic carbocycles. The van der Waals surface area contributed by atoms with Crippen LogP contribution in [0.25, 0.3) is 21.8 Å². The van der Waals surface area contributed by atoms with Crippen molar-refractivity contribution in [2.75, 3.05) is 0 Å². The van der Waals surface area contributed by atoms with Crippen LogP contribution in [0.3, 0.4) is 0 Å². The van der Waals surface area contributed by atoms with E-state index in [9.17, 15) is 10.1 Å². The lowest BCUT2D eigenvalue weighted by molar-refractivity contribution is -0.118. The number of thiophene rings is 1. The van der Waals surface area contributed by atoms with Gasteiger partial charge in [-0.05, 0) is 23.6 Å². The first-order valence-electron chi connectivity index (χ1n) is 7.60. The summed E-state index contributed by atoms with van der Waals surface area (Å²) in [5.41, 5.74) is 2.03. The minimum atomic E-state index is -0.964. The van der Waals surface area contributed by atoms with E-state index in [-0.39, 0.29) is 12.2 Å². The molecule has 0 fully saturated rings. The van der Waals surface area contributed by atoms with E-state index in [1.807, 2.05) is 47.8 Å². The van der Waals surface area contributed by atoms with E-state index in [2.05, 4.69) is 15.0 Å². The number of oxazole rings is 1. The quantitative estimate of drug-likeness (QED) is 0.593. The second-order valence-electron chi connectivity index (χ2n) is 5.47. The number of H-pyrrole nitrogens is 1. The van der Waals surface area contributed by atoms with Gasteiger partial charge in [0.15, 0.2) is 11.7 Å². The van der Waals surface area contributed by atoms with Gasteiger partial charge in [0, 0.05) is 0 Å². The summed E-state index contributed by atoms with van der Waals surface area (Å²) in [5, 5.41) is 11.4.